The van der Waals surface area contributed by atoms with Crippen molar-refractivity contribution < 1.29 is 4.42 Å². The highest BCUT2D eigenvalue weighted by molar-refractivity contribution is 6.12. The predicted molar refractivity (Wildman–Crippen MR) is 229 cm³/mol. The molecule has 5 heteroatoms. The summed E-state index contributed by atoms with van der Waals surface area (Å²) >= 11 is 0. The van der Waals surface area contributed by atoms with E-state index in [0.29, 0.717) is 17.5 Å². The normalized spacial score (nSPS) is 11.6. The van der Waals surface area contributed by atoms with Gasteiger partial charge in [0.05, 0.1) is 16.6 Å². The average Bonchev–Trinajstić information content (AvgIpc) is 3.82. The van der Waals surface area contributed by atoms with Gasteiger partial charge in [-0.2, -0.15) is 0 Å². The quantitative estimate of drug-likeness (QED) is 0.172. The zero-order chi connectivity index (χ0) is 37.0. The van der Waals surface area contributed by atoms with Crippen LogP contribution in [0.2, 0.25) is 0 Å². The van der Waals surface area contributed by atoms with E-state index in [4.69, 9.17) is 19.4 Å². The number of hydrogen-bond acceptors (Lipinski definition) is 4. The summed E-state index contributed by atoms with van der Waals surface area (Å²) in [5.41, 5.74) is 12.3. The van der Waals surface area contributed by atoms with Gasteiger partial charge in [-0.25, -0.2) is 15.0 Å². The smallest absolute Gasteiger partial charge is 0.167 e. The first-order valence-electron chi connectivity index (χ1n) is 18.8. The first kappa shape index (κ1) is 31.9. The minimum absolute atomic E-state index is 0.567. The lowest BCUT2D eigenvalue weighted by atomic mass is 10.0. The molecule has 0 saturated heterocycles. The van der Waals surface area contributed by atoms with Crippen LogP contribution in [0.5, 0.6) is 0 Å². The van der Waals surface area contributed by atoms with Crippen LogP contribution in [-0.2, 0) is 0 Å². The average molecular weight is 717 g/mol. The van der Waals surface area contributed by atoms with Crippen molar-refractivity contribution in [1.82, 2.24) is 19.5 Å². The fourth-order valence-corrected chi connectivity index (χ4v) is 7.95. The summed E-state index contributed by atoms with van der Waals surface area (Å²) in [6, 6.07) is 67.6. The van der Waals surface area contributed by atoms with E-state index in [0.717, 1.165) is 61.0 Å². The standard InChI is InChI=1S/C51H32N4O/c1-4-13-33(14-5-1)34-23-27-39(28-24-34)55-45-22-11-10-19-40(45)41-29-25-38(32-46(41)55)37-26-30-47-44(31-37)42-20-12-21-43(48(42)56-47)51-53-49(35-15-6-2-7-16-35)52-50(54-51)36-17-8-3-9-18-36/h1-32H. The van der Waals surface area contributed by atoms with Gasteiger partial charge in [-0.1, -0.05) is 152 Å². The third kappa shape index (κ3) is 5.37. The maximum Gasteiger partial charge on any atom is 0.167 e. The van der Waals surface area contributed by atoms with Crippen LogP contribution in [0.15, 0.2) is 199 Å². The summed E-state index contributed by atoms with van der Waals surface area (Å²) < 4.78 is 9.02. The third-order valence-electron chi connectivity index (χ3n) is 10.7. The summed E-state index contributed by atoms with van der Waals surface area (Å²) in [6.07, 6.45) is 0. The van der Waals surface area contributed by atoms with Gasteiger partial charge < -0.3 is 8.98 Å². The Hall–Kier alpha value is -7.63. The lowest BCUT2D eigenvalue weighted by Crippen LogP contribution is -2.00. The van der Waals surface area contributed by atoms with E-state index in [1.807, 2.05) is 66.7 Å². The molecule has 3 aromatic heterocycles. The van der Waals surface area contributed by atoms with Crippen LogP contribution in [0.3, 0.4) is 0 Å². The van der Waals surface area contributed by atoms with E-state index in [1.165, 1.54) is 27.4 Å². The highest BCUT2D eigenvalue weighted by atomic mass is 16.3. The predicted octanol–water partition coefficient (Wildman–Crippen LogP) is 13.2. The van der Waals surface area contributed by atoms with Crippen molar-refractivity contribution in [3.8, 4) is 62.1 Å². The van der Waals surface area contributed by atoms with Crippen LogP contribution in [-0.4, -0.2) is 19.5 Å². The summed E-state index contributed by atoms with van der Waals surface area (Å²) in [7, 11) is 0. The maximum absolute atomic E-state index is 6.64. The molecule has 262 valence electrons. The molecule has 0 saturated carbocycles. The van der Waals surface area contributed by atoms with E-state index >= 15 is 0 Å². The summed E-state index contributed by atoms with van der Waals surface area (Å²) in [5.74, 6) is 1.80. The Balaban J connectivity index is 1.04. The van der Waals surface area contributed by atoms with Crippen LogP contribution in [0, 0.1) is 0 Å². The van der Waals surface area contributed by atoms with Crippen LogP contribution in [0.4, 0.5) is 0 Å². The summed E-state index contributed by atoms with van der Waals surface area (Å²) in [6.45, 7) is 0. The van der Waals surface area contributed by atoms with Gasteiger partial charge in [0, 0.05) is 38.4 Å². The van der Waals surface area contributed by atoms with Crippen molar-refractivity contribution >= 4 is 43.7 Å². The summed E-state index contributed by atoms with van der Waals surface area (Å²) in [5, 5.41) is 4.50. The number of para-hydroxylation sites is 2. The largest absolute Gasteiger partial charge is 0.455 e. The Morgan fingerprint density at radius 3 is 1.59 bits per heavy atom. The van der Waals surface area contributed by atoms with Gasteiger partial charge in [-0.3, -0.25) is 0 Å². The molecule has 5 nitrogen and oxygen atoms in total. The molecule has 0 amide bonds. The highest BCUT2D eigenvalue weighted by Gasteiger charge is 2.19. The van der Waals surface area contributed by atoms with Gasteiger partial charge in [0.15, 0.2) is 17.5 Å². The Bertz CT molecular complexity index is 3160. The second-order valence-electron chi connectivity index (χ2n) is 14.0. The fourth-order valence-electron chi connectivity index (χ4n) is 7.95. The maximum atomic E-state index is 6.64. The first-order chi connectivity index (χ1) is 27.7. The van der Waals surface area contributed by atoms with Crippen molar-refractivity contribution in [2.75, 3.05) is 0 Å². The highest BCUT2D eigenvalue weighted by Crippen LogP contribution is 2.40. The summed E-state index contributed by atoms with van der Waals surface area (Å²) in [4.78, 5) is 14.9. The van der Waals surface area contributed by atoms with Crippen molar-refractivity contribution in [3.63, 3.8) is 0 Å². The number of aromatic nitrogens is 4. The van der Waals surface area contributed by atoms with Gasteiger partial charge in [0.2, 0.25) is 0 Å². The molecule has 0 aliphatic heterocycles. The lowest BCUT2D eigenvalue weighted by molar-refractivity contribution is 0.669. The minimum atomic E-state index is 0.567. The number of hydrogen-bond donors (Lipinski definition) is 0. The number of nitrogens with zero attached hydrogens (tertiary/aromatic N) is 4. The van der Waals surface area contributed by atoms with Crippen molar-refractivity contribution in [1.29, 1.82) is 0 Å². The van der Waals surface area contributed by atoms with Crippen molar-refractivity contribution in [3.05, 3.63) is 194 Å². The van der Waals surface area contributed by atoms with Crippen LogP contribution in [0.1, 0.15) is 0 Å². The molecule has 0 radical (unpaired) electrons. The third-order valence-corrected chi connectivity index (χ3v) is 10.7. The second-order valence-corrected chi connectivity index (χ2v) is 14.0. The Morgan fingerprint density at radius 1 is 0.339 bits per heavy atom. The fraction of sp³-hybridized carbons (Fsp3) is 0. The molecule has 0 unspecified atom stereocenters. The van der Waals surface area contributed by atoms with Crippen molar-refractivity contribution in [2.24, 2.45) is 0 Å². The number of rotatable bonds is 6. The Kier molecular flexibility index (Phi) is 7.42. The van der Waals surface area contributed by atoms with Gasteiger partial charge in [0.25, 0.3) is 0 Å². The Morgan fingerprint density at radius 2 is 0.875 bits per heavy atom. The molecule has 3 heterocycles. The second kappa shape index (κ2) is 13.0. The molecule has 56 heavy (non-hydrogen) atoms. The monoisotopic (exact) mass is 716 g/mol. The number of benzene rings is 8. The molecular weight excluding hydrogens is 685 g/mol. The zero-order valence-electron chi connectivity index (χ0n) is 30.2. The first-order valence-corrected chi connectivity index (χ1v) is 18.8. The van der Waals surface area contributed by atoms with Gasteiger partial charge in [0.1, 0.15) is 11.2 Å². The number of fused-ring (bicyclic) bond motifs is 6. The molecule has 0 spiro atoms. The number of furan rings is 1. The molecule has 0 bridgehead atoms. The van der Waals surface area contributed by atoms with E-state index in [-0.39, 0.29) is 0 Å². The SMILES string of the molecule is c1ccc(-c2ccc(-n3c4ccccc4c4ccc(-c5ccc6oc7c(-c8nc(-c9ccccc9)nc(-c9ccccc9)n8)cccc7c6c5)cc43)cc2)cc1. The topological polar surface area (TPSA) is 56.7 Å². The van der Waals surface area contributed by atoms with Crippen molar-refractivity contribution in [2.45, 2.75) is 0 Å². The minimum Gasteiger partial charge on any atom is -0.455 e. The zero-order valence-corrected chi connectivity index (χ0v) is 30.2. The molecule has 11 aromatic rings. The van der Waals surface area contributed by atoms with E-state index < -0.39 is 0 Å². The van der Waals surface area contributed by atoms with Gasteiger partial charge in [-0.15, -0.1) is 0 Å². The Labute approximate surface area is 322 Å². The van der Waals surface area contributed by atoms with E-state index in [1.54, 1.807) is 0 Å². The van der Waals surface area contributed by atoms with Crippen LogP contribution < -0.4 is 0 Å². The molecular formula is C51H32N4O. The lowest BCUT2D eigenvalue weighted by Gasteiger charge is -2.10. The molecule has 0 aliphatic rings. The van der Waals surface area contributed by atoms with E-state index in [9.17, 15) is 0 Å². The van der Waals surface area contributed by atoms with Gasteiger partial charge in [-0.05, 0) is 64.7 Å². The van der Waals surface area contributed by atoms with Crippen LogP contribution in [0.25, 0.3) is 106 Å². The van der Waals surface area contributed by atoms with Gasteiger partial charge >= 0.3 is 0 Å². The molecule has 11 rings (SSSR count). The molecule has 8 aromatic carbocycles. The molecule has 0 N–H and O–H groups in total. The van der Waals surface area contributed by atoms with E-state index in [2.05, 4.69) is 132 Å². The molecule has 0 atom stereocenters. The molecule has 0 aliphatic carbocycles. The van der Waals surface area contributed by atoms with Crippen LogP contribution >= 0.6 is 0 Å². The molecule has 0 fully saturated rings.